The summed E-state index contributed by atoms with van der Waals surface area (Å²) in [4.78, 5) is 52.3. The Hall–Kier alpha value is -2.74. The molecule has 0 saturated carbocycles. The average molecular weight is 398 g/mol. The smallest absolute Gasteiger partial charge is 0.262 e. The van der Waals surface area contributed by atoms with Crippen LogP contribution < -0.4 is 15.5 Å². The molecule has 1 aromatic carbocycles. The summed E-state index contributed by atoms with van der Waals surface area (Å²) in [5.41, 5.74) is 1.87. The maximum absolute atomic E-state index is 13.1. The summed E-state index contributed by atoms with van der Waals surface area (Å²) >= 11 is 0. The molecule has 0 radical (unpaired) electrons. The van der Waals surface area contributed by atoms with E-state index >= 15 is 0 Å². The highest BCUT2D eigenvalue weighted by atomic mass is 16.2. The van der Waals surface area contributed by atoms with E-state index in [4.69, 9.17) is 0 Å². The summed E-state index contributed by atoms with van der Waals surface area (Å²) in [5.74, 6) is -1.39. The molecule has 3 heterocycles. The van der Waals surface area contributed by atoms with E-state index in [-0.39, 0.29) is 12.8 Å². The molecule has 2 N–H and O–H groups in total. The van der Waals surface area contributed by atoms with Crippen LogP contribution in [0.15, 0.2) is 18.2 Å². The van der Waals surface area contributed by atoms with Crippen LogP contribution in [0.5, 0.6) is 0 Å². The first kappa shape index (κ1) is 19.6. The number of aldehydes is 1. The van der Waals surface area contributed by atoms with E-state index in [2.05, 4.69) is 15.5 Å². The van der Waals surface area contributed by atoms with Crippen molar-refractivity contribution in [3.8, 4) is 0 Å². The summed E-state index contributed by atoms with van der Waals surface area (Å²) < 4.78 is 0. The molecular formula is C21H26N4O4. The lowest BCUT2D eigenvalue weighted by Crippen LogP contribution is -2.48. The molecule has 29 heavy (non-hydrogen) atoms. The molecular weight excluding hydrogens is 372 g/mol. The fraction of sp³-hybridized carbons (Fsp3) is 0.524. The average Bonchev–Trinajstić information content (AvgIpc) is 3.44. The second-order valence-electron chi connectivity index (χ2n) is 8.18. The molecule has 0 bridgehead atoms. The summed E-state index contributed by atoms with van der Waals surface area (Å²) in [7, 11) is 1.45. The molecule has 3 amide bonds. The number of hydrogen-bond acceptors (Lipinski definition) is 6. The van der Waals surface area contributed by atoms with Gasteiger partial charge in [-0.25, -0.2) is 0 Å². The number of imide groups is 1. The highest BCUT2D eigenvalue weighted by Crippen LogP contribution is 2.39. The number of amides is 3. The van der Waals surface area contributed by atoms with Crippen molar-refractivity contribution in [2.24, 2.45) is 5.41 Å². The zero-order chi connectivity index (χ0) is 20.6. The maximum atomic E-state index is 13.1. The standard InChI is InChI=1S/C21H26N4O4/c1-22-18(27)17(3-2-10-26)25-19(28)15-5-4-14(11-16(15)20(25)29)24-9-7-21(13-24)6-8-23-12-21/h4-5,10-11,17,23H,2-3,6-9,12-13H2,1H3,(H,22,27). The number of nitrogens with one attached hydrogen (secondary N) is 2. The van der Waals surface area contributed by atoms with Crippen LogP contribution in [0, 0.1) is 5.41 Å². The van der Waals surface area contributed by atoms with Gasteiger partial charge in [-0.15, -0.1) is 0 Å². The summed E-state index contributed by atoms with van der Waals surface area (Å²) in [6.07, 6.45) is 3.17. The van der Waals surface area contributed by atoms with E-state index in [0.717, 1.165) is 49.6 Å². The monoisotopic (exact) mass is 398 g/mol. The first-order valence-corrected chi connectivity index (χ1v) is 10.1. The van der Waals surface area contributed by atoms with Gasteiger partial charge in [0, 0.05) is 44.2 Å². The van der Waals surface area contributed by atoms with Gasteiger partial charge in [0.2, 0.25) is 5.91 Å². The Morgan fingerprint density at radius 3 is 2.76 bits per heavy atom. The van der Waals surface area contributed by atoms with Crippen LogP contribution in [0.1, 0.15) is 46.4 Å². The van der Waals surface area contributed by atoms with E-state index in [0.29, 0.717) is 22.8 Å². The highest BCUT2D eigenvalue weighted by molar-refractivity contribution is 6.23. The van der Waals surface area contributed by atoms with Gasteiger partial charge in [-0.05, 0) is 44.0 Å². The van der Waals surface area contributed by atoms with Crippen LogP contribution in [0.4, 0.5) is 5.69 Å². The number of nitrogens with zero attached hydrogens (tertiary/aromatic N) is 2. The number of anilines is 1. The third-order valence-corrected chi connectivity index (χ3v) is 6.46. The number of carbonyl (C=O) groups is 4. The number of rotatable bonds is 6. The Kier molecular flexibility index (Phi) is 5.12. The Bertz CT molecular complexity index is 862. The quantitative estimate of drug-likeness (QED) is 0.537. The van der Waals surface area contributed by atoms with Crippen LogP contribution in [-0.4, -0.2) is 68.2 Å². The first-order chi connectivity index (χ1) is 14.0. The van der Waals surface area contributed by atoms with Crippen molar-refractivity contribution in [3.05, 3.63) is 29.3 Å². The minimum absolute atomic E-state index is 0.0979. The van der Waals surface area contributed by atoms with Gasteiger partial charge in [0.05, 0.1) is 11.1 Å². The van der Waals surface area contributed by atoms with E-state index in [1.165, 1.54) is 7.05 Å². The van der Waals surface area contributed by atoms with Crippen LogP contribution in [0.25, 0.3) is 0 Å². The van der Waals surface area contributed by atoms with Gasteiger partial charge in [0.25, 0.3) is 11.8 Å². The van der Waals surface area contributed by atoms with Crippen molar-refractivity contribution in [1.82, 2.24) is 15.5 Å². The summed E-state index contributed by atoms with van der Waals surface area (Å²) in [6, 6.07) is 4.36. The Morgan fingerprint density at radius 1 is 1.28 bits per heavy atom. The Labute approximate surface area is 169 Å². The van der Waals surface area contributed by atoms with Gasteiger partial charge < -0.3 is 20.3 Å². The number of fused-ring (bicyclic) bond motifs is 1. The van der Waals surface area contributed by atoms with Crippen LogP contribution in [0.2, 0.25) is 0 Å². The number of benzene rings is 1. The molecule has 2 saturated heterocycles. The third-order valence-electron chi connectivity index (χ3n) is 6.46. The zero-order valence-electron chi connectivity index (χ0n) is 16.6. The lowest BCUT2D eigenvalue weighted by atomic mass is 9.86. The molecule has 3 aliphatic rings. The SMILES string of the molecule is CNC(=O)C(CCC=O)N1C(=O)c2ccc(N3CCC4(CCNC4)C3)cc2C1=O. The normalized spacial score (nSPS) is 24.3. The summed E-state index contributed by atoms with van der Waals surface area (Å²) in [6.45, 7) is 3.92. The van der Waals surface area contributed by atoms with E-state index in [1.807, 2.05) is 6.07 Å². The van der Waals surface area contributed by atoms with Gasteiger partial charge >= 0.3 is 0 Å². The lowest BCUT2D eigenvalue weighted by molar-refractivity contribution is -0.124. The molecule has 4 rings (SSSR count). The fourth-order valence-electron chi connectivity index (χ4n) is 4.80. The Balaban J connectivity index is 1.59. The van der Waals surface area contributed by atoms with Crippen molar-refractivity contribution in [3.63, 3.8) is 0 Å². The van der Waals surface area contributed by atoms with Gasteiger partial charge in [0.15, 0.2) is 0 Å². The minimum Gasteiger partial charge on any atom is -0.371 e. The summed E-state index contributed by atoms with van der Waals surface area (Å²) in [5, 5.41) is 5.93. The van der Waals surface area contributed by atoms with Crippen molar-refractivity contribution in [2.45, 2.75) is 31.7 Å². The fourth-order valence-corrected chi connectivity index (χ4v) is 4.80. The Morgan fingerprint density at radius 2 is 2.07 bits per heavy atom. The van der Waals surface area contributed by atoms with E-state index < -0.39 is 23.8 Å². The minimum atomic E-state index is -0.985. The molecule has 2 fully saturated rings. The molecule has 2 atom stereocenters. The molecule has 1 spiro atoms. The predicted octanol–water partition coefficient (Wildman–Crippen LogP) is 0.566. The zero-order valence-corrected chi connectivity index (χ0v) is 16.6. The molecule has 0 aromatic heterocycles. The molecule has 2 unspecified atom stereocenters. The second kappa shape index (κ2) is 7.59. The number of carbonyl (C=O) groups excluding carboxylic acids is 4. The number of hydrogen-bond donors (Lipinski definition) is 2. The molecule has 8 nitrogen and oxygen atoms in total. The second-order valence-corrected chi connectivity index (χ2v) is 8.18. The first-order valence-electron chi connectivity index (χ1n) is 10.1. The van der Waals surface area contributed by atoms with Gasteiger partial charge in [-0.3, -0.25) is 19.3 Å². The maximum Gasteiger partial charge on any atom is 0.262 e. The van der Waals surface area contributed by atoms with Crippen LogP contribution in [-0.2, 0) is 9.59 Å². The highest BCUT2D eigenvalue weighted by Gasteiger charge is 2.44. The van der Waals surface area contributed by atoms with E-state index in [1.54, 1.807) is 12.1 Å². The van der Waals surface area contributed by atoms with Crippen molar-refractivity contribution in [2.75, 3.05) is 38.1 Å². The van der Waals surface area contributed by atoms with E-state index in [9.17, 15) is 19.2 Å². The largest absolute Gasteiger partial charge is 0.371 e. The van der Waals surface area contributed by atoms with Crippen LogP contribution in [0.3, 0.4) is 0 Å². The number of likely N-dealkylation sites (N-methyl/N-ethyl adjacent to an activating group) is 1. The van der Waals surface area contributed by atoms with Crippen LogP contribution >= 0.6 is 0 Å². The molecule has 0 aliphatic carbocycles. The predicted molar refractivity (Wildman–Crippen MR) is 107 cm³/mol. The molecule has 8 heteroatoms. The molecule has 154 valence electrons. The lowest BCUT2D eigenvalue weighted by Gasteiger charge is -2.24. The van der Waals surface area contributed by atoms with Crippen molar-refractivity contribution < 1.29 is 19.2 Å². The van der Waals surface area contributed by atoms with Crippen molar-refractivity contribution >= 4 is 29.7 Å². The van der Waals surface area contributed by atoms with Crippen molar-refractivity contribution in [1.29, 1.82) is 0 Å². The third kappa shape index (κ3) is 3.31. The van der Waals surface area contributed by atoms with Gasteiger partial charge in [-0.1, -0.05) is 0 Å². The van der Waals surface area contributed by atoms with Gasteiger partial charge in [0.1, 0.15) is 12.3 Å². The van der Waals surface area contributed by atoms with Gasteiger partial charge in [-0.2, -0.15) is 0 Å². The topological polar surface area (TPSA) is 98.8 Å². The molecule has 3 aliphatic heterocycles. The molecule has 1 aromatic rings.